The van der Waals surface area contributed by atoms with Crippen LogP contribution >= 0.6 is 0 Å². The Hall–Kier alpha value is -2.64. The van der Waals surface area contributed by atoms with Crippen LogP contribution in [-0.4, -0.2) is 25.2 Å². The molecular weight excluding hydrogens is 262 g/mol. The van der Waals surface area contributed by atoms with Gasteiger partial charge in [0.15, 0.2) is 0 Å². The van der Waals surface area contributed by atoms with E-state index in [4.69, 9.17) is 0 Å². The molecule has 0 fully saturated rings. The first kappa shape index (κ1) is 13.8. The molecule has 8 nitrogen and oxygen atoms in total. The molecule has 0 aliphatic rings. The number of hydrogen-bond donors (Lipinski definition) is 2. The lowest BCUT2D eigenvalue weighted by atomic mass is 10.2. The minimum absolute atomic E-state index is 0.172. The average molecular weight is 277 g/mol. The topological polar surface area (TPSA) is 102 Å². The molecule has 106 valence electrons. The summed E-state index contributed by atoms with van der Waals surface area (Å²) in [6.45, 7) is 1.77. The van der Waals surface area contributed by atoms with Crippen molar-refractivity contribution in [2.75, 3.05) is 5.32 Å². The second-order valence-corrected chi connectivity index (χ2v) is 4.30. The van der Waals surface area contributed by atoms with E-state index in [1.807, 2.05) is 6.92 Å². The molecule has 2 N–H and O–H groups in total. The average Bonchev–Trinajstić information content (AvgIpc) is 2.86. The second kappa shape index (κ2) is 5.55. The number of anilines is 1. The van der Waals surface area contributed by atoms with Gasteiger partial charge in [-0.2, -0.15) is 5.10 Å². The summed E-state index contributed by atoms with van der Waals surface area (Å²) in [5.74, 6) is 0.153. The van der Waals surface area contributed by atoms with E-state index in [1.54, 1.807) is 6.20 Å². The summed E-state index contributed by atoms with van der Waals surface area (Å²) < 4.78 is 2.11. The third-order valence-corrected chi connectivity index (χ3v) is 2.94. The van der Waals surface area contributed by atoms with Crippen LogP contribution in [0.4, 0.5) is 5.82 Å². The maximum absolute atomic E-state index is 11.9. The van der Waals surface area contributed by atoms with Crippen molar-refractivity contribution in [1.29, 1.82) is 0 Å². The third-order valence-electron chi connectivity index (χ3n) is 2.94. The van der Waals surface area contributed by atoms with Crippen molar-refractivity contribution in [2.24, 2.45) is 7.05 Å². The molecule has 0 saturated heterocycles. The summed E-state index contributed by atoms with van der Waals surface area (Å²) in [5, 5.41) is 9.17. The lowest BCUT2D eigenvalue weighted by molar-refractivity contribution is -0.116. The Bertz CT molecular complexity index is 740. The zero-order valence-electron chi connectivity index (χ0n) is 11.2. The van der Waals surface area contributed by atoms with Crippen LogP contribution in [0.1, 0.15) is 12.5 Å². The number of aromatic amines is 1. The van der Waals surface area contributed by atoms with Gasteiger partial charge in [-0.05, 0) is 6.42 Å². The molecule has 2 rings (SSSR count). The van der Waals surface area contributed by atoms with Crippen LogP contribution in [-0.2, 0) is 24.8 Å². The molecule has 0 atom stereocenters. The minimum Gasteiger partial charge on any atom is -0.309 e. The van der Waals surface area contributed by atoms with Crippen LogP contribution in [0.15, 0.2) is 28.0 Å². The molecule has 20 heavy (non-hydrogen) atoms. The molecule has 0 spiro atoms. The number of nitrogens with zero attached hydrogens (tertiary/aromatic N) is 3. The summed E-state index contributed by atoms with van der Waals surface area (Å²) in [4.78, 5) is 34.9. The quantitative estimate of drug-likeness (QED) is 0.784. The standard InChI is InChI=1S/C12H15N5O3/c1-3-8-6-13-15-11(8)14-9(18)7-17-5-4-10(19)16(2)12(17)20/h4-6H,3,7H2,1-2H3,(H2,13,14,15,18). The van der Waals surface area contributed by atoms with Gasteiger partial charge in [0.25, 0.3) is 5.56 Å². The second-order valence-electron chi connectivity index (χ2n) is 4.30. The predicted octanol–water partition coefficient (Wildman–Crippen LogP) is -0.529. The maximum atomic E-state index is 11.9. The molecule has 0 bridgehead atoms. The molecule has 0 aliphatic heterocycles. The van der Waals surface area contributed by atoms with Crippen molar-refractivity contribution in [1.82, 2.24) is 19.3 Å². The first-order valence-corrected chi connectivity index (χ1v) is 6.11. The molecule has 0 unspecified atom stereocenters. The number of H-pyrrole nitrogens is 1. The monoisotopic (exact) mass is 277 g/mol. The van der Waals surface area contributed by atoms with Gasteiger partial charge in [-0.25, -0.2) is 4.79 Å². The predicted molar refractivity (Wildman–Crippen MR) is 72.5 cm³/mol. The zero-order valence-corrected chi connectivity index (χ0v) is 11.2. The van der Waals surface area contributed by atoms with Gasteiger partial charge in [0, 0.05) is 24.9 Å². The van der Waals surface area contributed by atoms with E-state index in [0.717, 1.165) is 16.6 Å². The summed E-state index contributed by atoms with van der Waals surface area (Å²) >= 11 is 0. The fourth-order valence-electron chi connectivity index (χ4n) is 1.76. The normalized spacial score (nSPS) is 10.5. The molecule has 0 aliphatic carbocycles. The Morgan fingerprint density at radius 2 is 2.20 bits per heavy atom. The van der Waals surface area contributed by atoms with Gasteiger partial charge in [0.05, 0.1) is 6.20 Å². The summed E-state index contributed by atoms with van der Waals surface area (Å²) in [6.07, 6.45) is 3.66. The van der Waals surface area contributed by atoms with Gasteiger partial charge >= 0.3 is 5.69 Å². The van der Waals surface area contributed by atoms with E-state index in [1.165, 1.54) is 23.9 Å². The number of aryl methyl sites for hydroxylation is 1. The summed E-state index contributed by atoms with van der Waals surface area (Å²) in [7, 11) is 1.36. The smallest absolute Gasteiger partial charge is 0.309 e. The largest absolute Gasteiger partial charge is 0.331 e. The van der Waals surface area contributed by atoms with Crippen LogP contribution in [0.3, 0.4) is 0 Å². The number of carbonyl (C=O) groups is 1. The van der Waals surface area contributed by atoms with Gasteiger partial charge in [-0.1, -0.05) is 6.92 Å². The highest BCUT2D eigenvalue weighted by molar-refractivity contribution is 5.90. The van der Waals surface area contributed by atoms with Gasteiger partial charge in [0.2, 0.25) is 5.91 Å². The van der Waals surface area contributed by atoms with E-state index in [2.05, 4.69) is 15.5 Å². The first-order valence-electron chi connectivity index (χ1n) is 6.11. The van der Waals surface area contributed by atoms with Crippen molar-refractivity contribution in [3.8, 4) is 0 Å². The number of amides is 1. The Morgan fingerprint density at radius 3 is 2.90 bits per heavy atom. The van der Waals surface area contributed by atoms with Gasteiger partial charge < -0.3 is 5.32 Å². The van der Waals surface area contributed by atoms with E-state index in [0.29, 0.717) is 5.82 Å². The Balaban J connectivity index is 2.15. The van der Waals surface area contributed by atoms with Crippen LogP contribution < -0.4 is 16.6 Å². The fourth-order valence-corrected chi connectivity index (χ4v) is 1.76. The van der Waals surface area contributed by atoms with E-state index in [9.17, 15) is 14.4 Å². The van der Waals surface area contributed by atoms with Crippen molar-refractivity contribution < 1.29 is 4.79 Å². The lowest BCUT2D eigenvalue weighted by Crippen LogP contribution is -2.39. The summed E-state index contributed by atoms with van der Waals surface area (Å²) in [6, 6.07) is 1.24. The molecule has 2 heterocycles. The molecule has 0 saturated carbocycles. The number of rotatable bonds is 4. The number of nitrogens with one attached hydrogen (secondary N) is 2. The highest BCUT2D eigenvalue weighted by Crippen LogP contribution is 2.10. The number of aromatic nitrogens is 4. The fraction of sp³-hybridized carbons (Fsp3) is 0.333. The molecular formula is C12H15N5O3. The lowest BCUT2D eigenvalue weighted by Gasteiger charge is -2.07. The third kappa shape index (κ3) is 2.68. The van der Waals surface area contributed by atoms with Gasteiger partial charge in [0.1, 0.15) is 12.4 Å². The maximum Gasteiger partial charge on any atom is 0.331 e. The number of hydrogen-bond acceptors (Lipinski definition) is 4. The van der Waals surface area contributed by atoms with E-state index < -0.39 is 11.2 Å². The van der Waals surface area contributed by atoms with Crippen LogP contribution in [0.2, 0.25) is 0 Å². The first-order chi connectivity index (χ1) is 9.52. The zero-order chi connectivity index (χ0) is 14.7. The number of carbonyl (C=O) groups excluding carboxylic acids is 1. The Morgan fingerprint density at radius 1 is 1.45 bits per heavy atom. The Kier molecular flexibility index (Phi) is 3.83. The van der Waals surface area contributed by atoms with Gasteiger partial charge in [-0.3, -0.25) is 23.8 Å². The van der Waals surface area contributed by atoms with Crippen molar-refractivity contribution in [3.63, 3.8) is 0 Å². The van der Waals surface area contributed by atoms with Crippen LogP contribution in [0.25, 0.3) is 0 Å². The van der Waals surface area contributed by atoms with Crippen LogP contribution in [0, 0.1) is 0 Å². The van der Waals surface area contributed by atoms with Crippen molar-refractivity contribution in [3.05, 3.63) is 44.9 Å². The van der Waals surface area contributed by atoms with E-state index in [-0.39, 0.29) is 12.5 Å². The van der Waals surface area contributed by atoms with E-state index >= 15 is 0 Å². The minimum atomic E-state index is -0.534. The summed E-state index contributed by atoms with van der Waals surface area (Å²) in [5.41, 5.74) is -0.0624. The van der Waals surface area contributed by atoms with Crippen molar-refractivity contribution in [2.45, 2.75) is 19.9 Å². The molecule has 2 aromatic rings. The molecule has 0 aromatic carbocycles. The highest BCUT2D eigenvalue weighted by atomic mass is 16.2. The van der Waals surface area contributed by atoms with Crippen molar-refractivity contribution >= 4 is 11.7 Å². The Labute approximate surface area is 114 Å². The molecule has 1 amide bonds. The highest BCUT2D eigenvalue weighted by Gasteiger charge is 2.10. The SMILES string of the molecule is CCc1cn[nH]c1NC(=O)Cn1ccc(=O)n(C)c1=O. The molecule has 2 aromatic heterocycles. The van der Waals surface area contributed by atoms with Gasteiger partial charge in [-0.15, -0.1) is 0 Å². The molecule has 0 radical (unpaired) electrons. The van der Waals surface area contributed by atoms with Crippen LogP contribution in [0.5, 0.6) is 0 Å². The molecule has 8 heteroatoms.